The number of amides is 2. The number of aromatic nitrogens is 1. The fraction of sp³-hybridized carbons (Fsp3) is 0.538. The van der Waals surface area contributed by atoms with Gasteiger partial charge in [-0.1, -0.05) is 57.5 Å². The summed E-state index contributed by atoms with van der Waals surface area (Å²) in [4.78, 5) is 30.3. The van der Waals surface area contributed by atoms with Gasteiger partial charge in [0.1, 0.15) is 0 Å². The Morgan fingerprint density at radius 3 is 2.45 bits per heavy atom. The topological polar surface area (TPSA) is 45.6 Å². The van der Waals surface area contributed by atoms with Crippen LogP contribution in [-0.2, 0) is 23.2 Å². The minimum Gasteiger partial charge on any atom is -0.353 e. The van der Waals surface area contributed by atoms with E-state index in [1.54, 1.807) is 0 Å². The molecule has 0 radical (unpaired) electrons. The molecule has 31 heavy (non-hydrogen) atoms. The fourth-order valence-corrected chi connectivity index (χ4v) is 4.20. The Kier molecular flexibility index (Phi) is 7.94. The maximum absolute atomic E-state index is 13.3. The van der Waals surface area contributed by atoms with E-state index in [2.05, 4.69) is 43.5 Å². The summed E-state index contributed by atoms with van der Waals surface area (Å²) < 4.78 is 2.05. The van der Waals surface area contributed by atoms with Crippen LogP contribution in [0.1, 0.15) is 57.2 Å². The molecular formula is C26H37N3O2. The lowest BCUT2D eigenvalue weighted by molar-refractivity contribution is -0.142. The van der Waals surface area contributed by atoms with Gasteiger partial charge in [-0.25, -0.2) is 0 Å². The summed E-state index contributed by atoms with van der Waals surface area (Å²) in [6.07, 6.45) is 4.89. The van der Waals surface area contributed by atoms with Crippen LogP contribution in [0, 0.1) is 11.8 Å². The summed E-state index contributed by atoms with van der Waals surface area (Å²) in [5.41, 5.74) is 2.34. The van der Waals surface area contributed by atoms with Crippen LogP contribution in [0.15, 0.2) is 48.7 Å². The number of hydrogen-bond acceptors (Lipinski definition) is 2. The van der Waals surface area contributed by atoms with Crippen LogP contribution in [0.2, 0.25) is 0 Å². The van der Waals surface area contributed by atoms with Crippen molar-refractivity contribution in [3.63, 3.8) is 0 Å². The molecule has 0 bridgehead atoms. The summed E-state index contributed by atoms with van der Waals surface area (Å²) in [6.45, 7) is 8.44. The summed E-state index contributed by atoms with van der Waals surface area (Å²) in [5.74, 6) is 0.789. The van der Waals surface area contributed by atoms with Crippen LogP contribution in [0.25, 0.3) is 0 Å². The van der Waals surface area contributed by atoms with Gasteiger partial charge in [0.15, 0.2) is 0 Å². The second-order valence-corrected chi connectivity index (χ2v) is 9.25. The molecule has 1 fully saturated rings. The van der Waals surface area contributed by atoms with Crippen molar-refractivity contribution in [1.82, 2.24) is 14.4 Å². The van der Waals surface area contributed by atoms with Crippen molar-refractivity contribution in [2.24, 2.45) is 18.9 Å². The Morgan fingerprint density at radius 2 is 1.84 bits per heavy atom. The predicted molar refractivity (Wildman–Crippen MR) is 124 cm³/mol. The van der Waals surface area contributed by atoms with Crippen LogP contribution < -0.4 is 0 Å². The highest BCUT2D eigenvalue weighted by Crippen LogP contribution is 2.48. The number of aryl methyl sites for hydroxylation is 1. The van der Waals surface area contributed by atoms with Gasteiger partial charge in [0.25, 0.3) is 0 Å². The second-order valence-electron chi connectivity index (χ2n) is 9.25. The highest BCUT2D eigenvalue weighted by atomic mass is 16.2. The molecule has 3 rings (SSSR count). The van der Waals surface area contributed by atoms with Gasteiger partial charge < -0.3 is 14.4 Å². The smallest absolute Gasteiger partial charge is 0.242 e. The number of unbranched alkanes of at least 4 members (excludes halogenated alkanes) is 1. The summed E-state index contributed by atoms with van der Waals surface area (Å²) in [7, 11) is 2.00. The van der Waals surface area contributed by atoms with Crippen LogP contribution in [0.5, 0.6) is 0 Å². The van der Waals surface area contributed by atoms with Crippen molar-refractivity contribution < 1.29 is 9.59 Å². The first-order valence-electron chi connectivity index (χ1n) is 11.6. The standard InChI is InChI=1S/C26H37N3O2/c1-5-6-15-28(18-22-13-10-14-27(22)4)25(30)19-29(17-20(2)3)26(31)24-16-23(24)21-11-8-7-9-12-21/h7-14,20,23-24H,5-6,15-19H2,1-4H3. The van der Waals surface area contributed by atoms with Gasteiger partial charge in [-0.15, -0.1) is 0 Å². The Bertz CT molecular complexity index is 859. The van der Waals surface area contributed by atoms with Crippen molar-refractivity contribution in [1.29, 1.82) is 0 Å². The first kappa shape index (κ1) is 23.1. The van der Waals surface area contributed by atoms with Crippen LogP contribution >= 0.6 is 0 Å². The Labute approximate surface area is 187 Å². The molecule has 1 aromatic carbocycles. The molecule has 1 aliphatic rings. The Hall–Kier alpha value is -2.56. The number of hydrogen-bond donors (Lipinski definition) is 0. The van der Waals surface area contributed by atoms with E-state index >= 15 is 0 Å². The minimum absolute atomic E-state index is 0.00548. The first-order valence-corrected chi connectivity index (χ1v) is 11.6. The SMILES string of the molecule is CCCCN(Cc1cccn1C)C(=O)CN(CC(C)C)C(=O)C1CC1c1ccccc1. The summed E-state index contributed by atoms with van der Waals surface area (Å²) in [5, 5.41) is 0. The van der Waals surface area contributed by atoms with Crippen LogP contribution in [-0.4, -0.2) is 45.8 Å². The molecule has 5 heteroatoms. The third-order valence-electron chi connectivity index (χ3n) is 6.10. The molecule has 2 unspecified atom stereocenters. The second kappa shape index (κ2) is 10.7. The molecule has 5 nitrogen and oxygen atoms in total. The molecule has 2 aromatic rings. The maximum Gasteiger partial charge on any atom is 0.242 e. The number of carbonyl (C=O) groups excluding carboxylic acids is 2. The van der Waals surface area contributed by atoms with E-state index in [0.29, 0.717) is 19.0 Å². The molecular weight excluding hydrogens is 386 g/mol. The van der Waals surface area contributed by atoms with E-state index in [9.17, 15) is 9.59 Å². The third kappa shape index (κ3) is 6.22. The third-order valence-corrected chi connectivity index (χ3v) is 6.10. The lowest BCUT2D eigenvalue weighted by atomic mass is 10.1. The lowest BCUT2D eigenvalue weighted by Crippen LogP contribution is -2.45. The van der Waals surface area contributed by atoms with Gasteiger partial charge in [0.2, 0.25) is 11.8 Å². The number of benzene rings is 1. The molecule has 1 heterocycles. The molecule has 0 saturated heterocycles. The Balaban J connectivity index is 1.68. The van der Waals surface area contributed by atoms with Crippen molar-refractivity contribution in [2.75, 3.05) is 19.6 Å². The van der Waals surface area contributed by atoms with Crippen LogP contribution in [0.4, 0.5) is 0 Å². The van der Waals surface area contributed by atoms with E-state index in [1.807, 2.05) is 47.3 Å². The Morgan fingerprint density at radius 1 is 1.10 bits per heavy atom. The summed E-state index contributed by atoms with van der Waals surface area (Å²) in [6, 6.07) is 14.3. The van der Waals surface area contributed by atoms with Gasteiger partial charge in [-0.3, -0.25) is 9.59 Å². The molecule has 168 valence electrons. The summed E-state index contributed by atoms with van der Waals surface area (Å²) >= 11 is 0. The quantitative estimate of drug-likeness (QED) is 0.536. The molecule has 1 saturated carbocycles. The minimum atomic E-state index is 0.00548. The van der Waals surface area contributed by atoms with Gasteiger partial charge in [-0.2, -0.15) is 0 Å². The highest BCUT2D eigenvalue weighted by Gasteiger charge is 2.46. The van der Waals surface area contributed by atoms with Crippen molar-refractivity contribution in [3.05, 3.63) is 59.9 Å². The van der Waals surface area contributed by atoms with E-state index in [0.717, 1.165) is 31.5 Å². The molecule has 2 amide bonds. The van der Waals surface area contributed by atoms with E-state index in [1.165, 1.54) is 5.56 Å². The normalized spacial score (nSPS) is 17.6. The fourth-order valence-electron chi connectivity index (χ4n) is 4.20. The van der Waals surface area contributed by atoms with Crippen molar-refractivity contribution in [2.45, 2.75) is 52.5 Å². The number of rotatable bonds is 11. The van der Waals surface area contributed by atoms with Gasteiger partial charge in [0, 0.05) is 37.9 Å². The van der Waals surface area contributed by atoms with Crippen LogP contribution in [0.3, 0.4) is 0 Å². The van der Waals surface area contributed by atoms with Gasteiger partial charge in [0.05, 0.1) is 13.1 Å². The number of carbonyl (C=O) groups is 2. The van der Waals surface area contributed by atoms with Gasteiger partial charge >= 0.3 is 0 Å². The number of nitrogens with zero attached hydrogens (tertiary/aromatic N) is 3. The molecule has 0 aliphatic heterocycles. The predicted octanol–water partition coefficient (Wildman–Crippen LogP) is 4.44. The molecule has 2 atom stereocenters. The maximum atomic E-state index is 13.3. The van der Waals surface area contributed by atoms with E-state index < -0.39 is 0 Å². The highest BCUT2D eigenvalue weighted by molar-refractivity contribution is 5.88. The largest absolute Gasteiger partial charge is 0.353 e. The average molecular weight is 424 g/mol. The first-order chi connectivity index (χ1) is 14.9. The lowest BCUT2D eigenvalue weighted by Gasteiger charge is -2.29. The molecule has 1 aliphatic carbocycles. The zero-order chi connectivity index (χ0) is 22.4. The van der Waals surface area contributed by atoms with Crippen molar-refractivity contribution >= 4 is 11.8 Å². The van der Waals surface area contributed by atoms with Crippen molar-refractivity contribution in [3.8, 4) is 0 Å². The van der Waals surface area contributed by atoms with E-state index in [-0.39, 0.29) is 30.2 Å². The zero-order valence-corrected chi connectivity index (χ0v) is 19.5. The zero-order valence-electron chi connectivity index (χ0n) is 19.5. The van der Waals surface area contributed by atoms with E-state index in [4.69, 9.17) is 0 Å². The average Bonchev–Trinajstić information content (AvgIpc) is 3.46. The monoisotopic (exact) mass is 423 g/mol. The molecule has 0 spiro atoms. The molecule has 1 aromatic heterocycles. The molecule has 0 N–H and O–H groups in total. The van der Waals surface area contributed by atoms with Gasteiger partial charge in [-0.05, 0) is 42.4 Å².